The number of hydrogen-bond donors (Lipinski definition) is 1. The number of unbranched alkanes of at least 4 members (excludes halogenated alkanes) is 2. The maximum absolute atomic E-state index is 11.0. The molecule has 5 heteroatoms. The average molecular weight is 367 g/mol. The van der Waals surface area contributed by atoms with Crippen molar-refractivity contribution in [1.82, 2.24) is 0 Å². The topological polar surface area (TPSA) is 57.1 Å². The van der Waals surface area contributed by atoms with Crippen LogP contribution in [0, 0.1) is 0 Å². The zero-order valence-electron chi connectivity index (χ0n) is 16.6. The van der Waals surface area contributed by atoms with E-state index in [0.717, 1.165) is 30.2 Å². The first-order valence-electron chi connectivity index (χ1n) is 9.76. The Kier molecular flexibility index (Phi) is 8.49. The van der Waals surface area contributed by atoms with E-state index < -0.39 is 0 Å². The molecule has 0 aliphatic rings. The highest BCUT2D eigenvalue weighted by Crippen LogP contribution is 2.23. The van der Waals surface area contributed by atoms with Gasteiger partial charge in [-0.15, -0.1) is 0 Å². The number of benzene rings is 2. The van der Waals surface area contributed by atoms with E-state index in [1.165, 1.54) is 38.3 Å². The van der Waals surface area contributed by atoms with Crippen LogP contribution in [-0.4, -0.2) is 19.0 Å². The normalized spacial score (nSPS) is 10.9. The van der Waals surface area contributed by atoms with E-state index in [-0.39, 0.29) is 5.91 Å². The molecule has 0 bridgehead atoms. The van der Waals surface area contributed by atoms with Crippen molar-refractivity contribution >= 4 is 28.7 Å². The fourth-order valence-corrected chi connectivity index (χ4v) is 2.73. The molecule has 0 unspecified atom stereocenters. The van der Waals surface area contributed by atoms with Crippen LogP contribution in [0.1, 0.15) is 46.5 Å². The number of azo groups is 1. The van der Waals surface area contributed by atoms with Gasteiger partial charge in [-0.3, -0.25) is 4.79 Å². The van der Waals surface area contributed by atoms with Crippen molar-refractivity contribution < 1.29 is 4.79 Å². The Balaban J connectivity index is 2.00. The average Bonchev–Trinajstić information content (AvgIpc) is 2.68. The highest BCUT2D eigenvalue weighted by atomic mass is 16.1. The first kappa shape index (κ1) is 20.6. The van der Waals surface area contributed by atoms with Crippen molar-refractivity contribution in [1.29, 1.82) is 0 Å². The van der Waals surface area contributed by atoms with Gasteiger partial charge in [0.2, 0.25) is 5.91 Å². The van der Waals surface area contributed by atoms with Crippen LogP contribution in [0.5, 0.6) is 0 Å². The van der Waals surface area contributed by atoms with E-state index in [4.69, 9.17) is 0 Å². The Morgan fingerprint density at radius 2 is 1.33 bits per heavy atom. The smallest absolute Gasteiger partial charge is 0.221 e. The van der Waals surface area contributed by atoms with Gasteiger partial charge in [-0.1, -0.05) is 26.7 Å². The Morgan fingerprint density at radius 1 is 0.852 bits per heavy atom. The largest absolute Gasteiger partial charge is 0.372 e. The molecule has 0 fully saturated rings. The number of rotatable bonds is 10. The van der Waals surface area contributed by atoms with Crippen LogP contribution in [0.3, 0.4) is 0 Å². The summed E-state index contributed by atoms with van der Waals surface area (Å²) < 4.78 is 0. The summed E-state index contributed by atoms with van der Waals surface area (Å²) in [7, 11) is 0. The molecule has 144 valence electrons. The van der Waals surface area contributed by atoms with Gasteiger partial charge >= 0.3 is 0 Å². The van der Waals surface area contributed by atoms with Gasteiger partial charge in [0.1, 0.15) is 0 Å². The molecule has 0 heterocycles. The Labute approximate surface area is 162 Å². The number of hydrogen-bond acceptors (Lipinski definition) is 4. The standard InChI is InChI=1S/C22H30N4O/c1-4-6-16-26(17-7-5-2)22-14-12-21(13-15-22)25-24-20-10-8-19(9-11-20)23-18(3)27/h8-15H,4-7,16-17H2,1-3H3,(H,23,27). The summed E-state index contributed by atoms with van der Waals surface area (Å²) in [5, 5.41) is 11.3. The molecular weight excluding hydrogens is 336 g/mol. The molecule has 0 aliphatic carbocycles. The van der Waals surface area contributed by atoms with Crippen LogP contribution in [0.25, 0.3) is 0 Å². The third-order valence-corrected chi connectivity index (χ3v) is 4.25. The van der Waals surface area contributed by atoms with Gasteiger partial charge in [0.05, 0.1) is 11.4 Å². The molecule has 0 aliphatic heterocycles. The lowest BCUT2D eigenvalue weighted by Crippen LogP contribution is -2.25. The van der Waals surface area contributed by atoms with E-state index >= 15 is 0 Å². The number of nitrogens with one attached hydrogen (secondary N) is 1. The number of anilines is 2. The first-order chi connectivity index (χ1) is 13.1. The first-order valence-corrected chi connectivity index (χ1v) is 9.76. The summed E-state index contributed by atoms with van der Waals surface area (Å²) in [6, 6.07) is 15.6. The second kappa shape index (κ2) is 11.1. The van der Waals surface area contributed by atoms with Crippen molar-refractivity contribution in [3.8, 4) is 0 Å². The van der Waals surface area contributed by atoms with Gasteiger partial charge in [0.25, 0.3) is 0 Å². The minimum Gasteiger partial charge on any atom is -0.372 e. The lowest BCUT2D eigenvalue weighted by Gasteiger charge is -2.24. The van der Waals surface area contributed by atoms with Crippen LogP contribution in [-0.2, 0) is 4.79 Å². The van der Waals surface area contributed by atoms with Crippen LogP contribution < -0.4 is 10.2 Å². The molecule has 0 atom stereocenters. The molecule has 0 saturated heterocycles. The summed E-state index contributed by atoms with van der Waals surface area (Å²) in [6.07, 6.45) is 4.82. The molecule has 0 saturated carbocycles. The van der Waals surface area contributed by atoms with Gasteiger partial charge in [-0.25, -0.2) is 0 Å². The van der Waals surface area contributed by atoms with Crippen LogP contribution >= 0.6 is 0 Å². The third-order valence-electron chi connectivity index (χ3n) is 4.25. The van der Waals surface area contributed by atoms with E-state index in [0.29, 0.717) is 0 Å². The van der Waals surface area contributed by atoms with E-state index in [2.05, 4.69) is 46.4 Å². The monoisotopic (exact) mass is 366 g/mol. The molecule has 0 spiro atoms. The minimum atomic E-state index is -0.0867. The van der Waals surface area contributed by atoms with Gasteiger partial charge < -0.3 is 10.2 Å². The fourth-order valence-electron chi connectivity index (χ4n) is 2.73. The molecule has 1 amide bonds. The summed E-state index contributed by atoms with van der Waals surface area (Å²) in [5.74, 6) is -0.0867. The quantitative estimate of drug-likeness (QED) is 0.490. The summed E-state index contributed by atoms with van der Waals surface area (Å²) >= 11 is 0. The molecule has 0 radical (unpaired) electrons. The lowest BCUT2D eigenvalue weighted by atomic mass is 10.2. The van der Waals surface area contributed by atoms with Gasteiger partial charge in [0, 0.05) is 31.4 Å². The Hall–Kier alpha value is -2.69. The minimum absolute atomic E-state index is 0.0867. The van der Waals surface area contributed by atoms with Crippen molar-refractivity contribution in [3.63, 3.8) is 0 Å². The number of amides is 1. The van der Waals surface area contributed by atoms with Crippen LogP contribution in [0.15, 0.2) is 58.8 Å². The zero-order chi connectivity index (χ0) is 19.5. The highest BCUT2D eigenvalue weighted by Gasteiger charge is 2.05. The zero-order valence-corrected chi connectivity index (χ0v) is 16.6. The fraction of sp³-hybridized carbons (Fsp3) is 0.409. The molecule has 5 nitrogen and oxygen atoms in total. The molecular formula is C22H30N4O. The number of nitrogens with zero attached hydrogens (tertiary/aromatic N) is 3. The Morgan fingerprint density at radius 3 is 1.78 bits per heavy atom. The maximum Gasteiger partial charge on any atom is 0.221 e. The molecule has 2 rings (SSSR count). The van der Waals surface area contributed by atoms with Gasteiger partial charge in [-0.05, 0) is 61.4 Å². The summed E-state index contributed by atoms with van der Waals surface area (Å²) in [6.45, 7) is 8.13. The third kappa shape index (κ3) is 7.21. The van der Waals surface area contributed by atoms with Gasteiger partial charge in [0.15, 0.2) is 0 Å². The molecule has 2 aromatic rings. The summed E-state index contributed by atoms with van der Waals surface area (Å²) in [5.41, 5.74) is 3.58. The SMILES string of the molecule is CCCCN(CCCC)c1ccc(N=Nc2ccc(NC(C)=O)cc2)cc1. The molecule has 2 aromatic carbocycles. The second-order valence-corrected chi connectivity index (χ2v) is 6.64. The predicted molar refractivity (Wildman–Crippen MR) is 113 cm³/mol. The van der Waals surface area contributed by atoms with Crippen LogP contribution in [0.2, 0.25) is 0 Å². The van der Waals surface area contributed by atoms with E-state index in [9.17, 15) is 4.79 Å². The molecule has 27 heavy (non-hydrogen) atoms. The van der Waals surface area contributed by atoms with Crippen molar-refractivity contribution in [2.45, 2.75) is 46.5 Å². The number of carbonyl (C=O) groups excluding carboxylic acids is 1. The highest BCUT2D eigenvalue weighted by molar-refractivity contribution is 5.88. The van der Waals surface area contributed by atoms with Crippen molar-refractivity contribution in [2.75, 3.05) is 23.3 Å². The van der Waals surface area contributed by atoms with Crippen molar-refractivity contribution in [3.05, 3.63) is 48.5 Å². The Bertz CT molecular complexity index is 715. The number of carbonyl (C=O) groups is 1. The maximum atomic E-state index is 11.0. The van der Waals surface area contributed by atoms with Gasteiger partial charge in [-0.2, -0.15) is 10.2 Å². The molecule has 0 aromatic heterocycles. The van der Waals surface area contributed by atoms with E-state index in [1.54, 1.807) is 0 Å². The van der Waals surface area contributed by atoms with Crippen molar-refractivity contribution in [2.24, 2.45) is 10.2 Å². The lowest BCUT2D eigenvalue weighted by molar-refractivity contribution is -0.114. The molecule has 1 N–H and O–H groups in total. The van der Waals surface area contributed by atoms with E-state index in [1.807, 2.05) is 36.4 Å². The van der Waals surface area contributed by atoms with Crippen LogP contribution in [0.4, 0.5) is 22.7 Å². The predicted octanol–water partition coefficient (Wildman–Crippen LogP) is 6.47. The second-order valence-electron chi connectivity index (χ2n) is 6.64. The summed E-state index contributed by atoms with van der Waals surface area (Å²) in [4.78, 5) is 13.5.